The van der Waals surface area contributed by atoms with Gasteiger partial charge < -0.3 is 10.0 Å². The lowest BCUT2D eigenvalue weighted by molar-refractivity contribution is 0.0534. The zero-order chi connectivity index (χ0) is 9.19. The third-order valence-electron chi connectivity index (χ3n) is 2.18. The Morgan fingerprint density at radius 2 is 2.08 bits per heavy atom. The molecule has 2 nitrogen and oxygen atoms in total. The normalized spacial score (nSPS) is 27.5. The molecule has 12 heavy (non-hydrogen) atoms. The molecule has 0 aromatic heterocycles. The van der Waals surface area contributed by atoms with Gasteiger partial charge in [-0.05, 0) is 24.8 Å². The fourth-order valence-electron chi connectivity index (χ4n) is 1.85. The van der Waals surface area contributed by atoms with Crippen molar-refractivity contribution in [1.29, 1.82) is 0 Å². The van der Waals surface area contributed by atoms with Gasteiger partial charge in [0.05, 0.1) is 6.10 Å². The summed E-state index contributed by atoms with van der Waals surface area (Å²) >= 11 is 0. The largest absolute Gasteiger partial charge is 0.392 e. The van der Waals surface area contributed by atoms with Gasteiger partial charge in [0.15, 0.2) is 0 Å². The van der Waals surface area contributed by atoms with Gasteiger partial charge >= 0.3 is 0 Å². The summed E-state index contributed by atoms with van der Waals surface area (Å²) in [5, 5.41) is 9.43. The summed E-state index contributed by atoms with van der Waals surface area (Å²) < 4.78 is 0. The van der Waals surface area contributed by atoms with Crippen molar-refractivity contribution in [2.45, 2.75) is 39.7 Å². The number of β-amino-alcohol motifs (C(OH)–C–C–N with tert-alkyl or cyclic N) is 1. The molecule has 0 aromatic carbocycles. The summed E-state index contributed by atoms with van der Waals surface area (Å²) in [4.78, 5) is 2.37. The number of piperidine rings is 1. The van der Waals surface area contributed by atoms with Gasteiger partial charge in [0.25, 0.3) is 0 Å². The lowest BCUT2D eigenvalue weighted by Crippen LogP contribution is -2.42. The second kappa shape index (κ2) is 3.75. The number of hydrogen-bond donors (Lipinski definition) is 1. The van der Waals surface area contributed by atoms with Crippen molar-refractivity contribution in [2.75, 3.05) is 19.6 Å². The van der Waals surface area contributed by atoms with Crippen LogP contribution in [0.1, 0.15) is 33.6 Å². The van der Waals surface area contributed by atoms with Crippen LogP contribution in [0.5, 0.6) is 0 Å². The molecule has 1 aliphatic rings. The number of likely N-dealkylation sites (tertiary alicyclic amines) is 1. The molecule has 1 saturated heterocycles. The molecule has 2 heteroatoms. The van der Waals surface area contributed by atoms with Crippen LogP contribution in [0.4, 0.5) is 0 Å². The smallest absolute Gasteiger partial charge is 0.0667 e. The predicted molar refractivity (Wildman–Crippen MR) is 51.1 cm³/mol. The highest BCUT2D eigenvalue weighted by Gasteiger charge is 2.21. The van der Waals surface area contributed by atoms with Gasteiger partial charge in [-0.1, -0.05) is 20.8 Å². The van der Waals surface area contributed by atoms with Crippen LogP contribution in [0.15, 0.2) is 0 Å². The first kappa shape index (κ1) is 10.0. The van der Waals surface area contributed by atoms with Crippen molar-refractivity contribution in [3.63, 3.8) is 0 Å². The van der Waals surface area contributed by atoms with Gasteiger partial charge in [-0.25, -0.2) is 0 Å². The lowest BCUT2D eigenvalue weighted by atomic mass is 9.94. The van der Waals surface area contributed by atoms with Crippen molar-refractivity contribution >= 4 is 0 Å². The van der Waals surface area contributed by atoms with Crippen molar-refractivity contribution in [3.8, 4) is 0 Å². The summed E-state index contributed by atoms with van der Waals surface area (Å²) in [5.41, 5.74) is 0.358. The van der Waals surface area contributed by atoms with Crippen LogP contribution in [0.3, 0.4) is 0 Å². The average molecular weight is 171 g/mol. The molecule has 1 fully saturated rings. The second-order valence-electron chi connectivity index (χ2n) is 5.09. The maximum absolute atomic E-state index is 9.43. The molecule has 1 heterocycles. The van der Waals surface area contributed by atoms with E-state index in [2.05, 4.69) is 25.7 Å². The van der Waals surface area contributed by atoms with Crippen LogP contribution in [0, 0.1) is 5.41 Å². The average Bonchev–Trinajstić information content (AvgIpc) is 1.82. The molecule has 1 atom stereocenters. The molecule has 72 valence electrons. The molecule has 1 N–H and O–H groups in total. The third kappa shape index (κ3) is 3.55. The topological polar surface area (TPSA) is 23.5 Å². The van der Waals surface area contributed by atoms with Gasteiger partial charge in [-0.15, -0.1) is 0 Å². The minimum atomic E-state index is -0.0823. The van der Waals surface area contributed by atoms with Crippen molar-refractivity contribution in [3.05, 3.63) is 0 Å². The van der Waals surface area contributed by atoms with Gasteiger partial charge in [0.2, 0.25) is 0 Å². The van der Waals surface area contributed by atoms with Crippen LogP contribution < -0.4 is 0 Å². The molecule has 1 aliphatic heterocycles. The summed E-state index contributed by atoms with van der Waals surface area (Å²) in [6.07, 6.45) is 2.05. The molecule has 1 unspecified atom stereocenters. The lowest BCUT2D eigenvalue weighted by Gasteiger charge is -2.34. The minimum Gasteiger partial charge on any atom is -0.392 e. The maximum atomic E-state index is 9.43. The fourth-order valence-corrected chi connectivity index (χ4v) is 1.85. The first-order valence-electron chi connectivity index (χ1n) is 4.88. The molecule has 0 radical (unpaired) electrons. The molecule has 0 aromatic rings. The zero-order valence-electron chi connectivity index (χ0n) is 8.51. The van der Waals surface area contributed by atoms with E-state index < -0.39 is 0 Å². The summed E-state index contributed by atoms with van der Waals surface area (Å²) in [6, 6.07) is 0. The Hall–Kier alpha value is -0.0800. The van der Waals surface area contributed by atoms with E-state index in [0.717, 1.165) is 32.5 Å². The quantitative estimate of drug-likeness (QED) is 0.646. The van der Waals surface area contributed by atoms with Gasteiger partial charge in [0, 0.05) is 13.1 Å². The van der Waals surface area contributed by atoms with Crippen LogP contribution >= 0.6 is 0 Å². The van der Waals surface area contributed by atoms with E-state index in [1.54, 1.807) is 0 Å². The van der Waals surface area contributed by atoms with Crippen LogP contribution in [0.25, 0.3) is 0 Å². The minimum absolute atomic E-state index is 0.0823. The summed E-state index contributed by atoms with van der Waals surface area (Å²) in [6.45, 7) is 9.87. The van der Waals surface area contributed by atoms with Gasteiger partial charge in [-0.3, -0.25) is 0 Å². The Bertz CT molecular complexity index is 139. The first-order chi connectivity index (χ1) is 5.47. The Labute approximate surface area is 75.6 Å². The monoisotopic (exact) mass is 171 g/mol. The van der Waals surface area contributed by atoms with Crippen molar-refractivity contribution < 1.29 is 5.11 Å². The zero-order valence-corrected chi connectivity index (χ0v) is 8.51. The molecule has 0 amide bonds. The number of aliphatic hydroxyl groups is 1. The Kier molecular flexibility index (Phi) is 3.13. The van der Waals surface area contributed by atoms with E-state index in [1.807, 2.05) is 0 Å². The molecular formula is C10H21NO. The Balaban J connectivity index is 2.32. The standard InChI is InChI=1S/C10H21NO/c1-10(2,3)8-11-6-4-5-9(12)7-11/h9,12H,4-8H2,1-3H3. The number of nitrogens with zero attached hydrogens (tertiary/aromatic N) is 1. The third-order valence-corrected chi connectivity index (χ3v) is 2.18. The van der Waals surface area contributed by atoms with Crippen molar-refractivity contribution in [2.24, 2.45) is 5.41 Å². The Morgan fingerprint density at radius 1 is 1.42 bits per heavy atom. The van der Waals surface area contributed by atoms with E-state index in [0.29, 0.717) is 5.41 Å². The fraction of sp³-hybridized carbons (Fsp3) is 1.00. The van der Waals surface area contributed by atoms with Crippen molar-refractivity contribution in [1.82, 2.24) is 4.90 Å². The number of hydrogen-bond acceptors (Lipinski definition) is 2. The maximum Gasteiger partial charge on any atom is 0.0667 e. The molecule has 0 saturated carbocycles. The van der Waals surface area contributed by atoms with E-state index in [9.17, 15) is 5.11 Å². The van der Waals surface area contributed by atoms with E-state index >= 15 is 0 Å². The van der Waals surface area contributed by atoms with E-state index in [-0.39, 0.29) is 6.10 Å². The summed E-state index contributed by atoms with van der Waals surface area (Å²) in [7, 11) is 0. The predicted octanol–water partition coefficient (Wildman–Crippen LogP) is 1.49. The Morgan fingerprint density at radius 3 is 2.58 bits per heavy atom. The highest BCUT2D eigenvalue weighted by molar-refractivity contribution is 4.76. The molecular weight excluding hydrogens is 150 g/mol. The molecule has 0 spiro atoms. The van der Waals surface area contributed by atoms with Crippen LogP contribution in [-0.2, 0) is 0 Å². The molecule has 0 bridgehead atoms. The highest BCUT2D eigenvalue weighted by atomic mass is 16.3. The molecule has 1 rings (SSSR count). The van der Waals surface area contributed by atoms with Gasteiger partial charge in [0.1, 0.15) is 0 Å². The van der Waals surface area contributed by atoms with Crippen LogP contribution in [0.2, 0.25) is 0 Å². The SMILES string of the molecule is CC(C)(C)CN1CCCC(O)C1. The highest BCUT2D eigenvalue weighted by Crippen LogP contribution is 2.18. The number of aliphatic hydroxyl groups excluding tert-OH is 1. The second-order valence-corrected chi connectivity index (χ2v) is 5.09. The molecule has 0 aliphatic carbocycles. The number of rotatable bonds is 1. The summed E-state index contributed by atoms with van der Waals surface area (Å²) in [5.74, 6) is 0. The van der Waals surface area contributed by atoms with E-state index in [4.69, 9.17) is 0 Å². The van der Waals surface area contributed by atoms with E-state index in [1.165, 1.54) is 0 Å². The first-order valence-corrected chi connectivity index (χ1v) is 4.88. The van der Waals surface area contributed by atoms with Gasteiger partial charge in [-0.2, -0.15) is 0 Å². The van der Waals surface area contributed by atoms with Crippen LogP contribution in [-0.4, -0.2) is 35.7 Å².